The number of nitrogens with one attached hydrogen (secondary N) is 1. The van der Waals surface area contributed by atoms with Gasteiger partial charge in [0.25, 0.3) is 0 Å². The topological polar surface area (TPSA) is 53.9 Å². The summed E-state index contributed by atoms with van der Waals surface area (Å²) in [5, 5.41) is 3.49. The van der Waals surface area contributed by atoms with E-state index in [-0.39, 0.29) is 17.5 Å². The third-order valence-electron chi connectivity index (χ3n) is 3.70. The van der Waals surface area contributed by atoms with Crippen LogP contribution in [0.5, 0.6) is 0 Å². The van der Waals surface area contributed by atoms with Crippen molar-refractivity contribution in [3.63, 3.8) is 0 Å². The number of ether oxygens (including phenoxy) is 1. The molecule has 0 saturated carbocycles. The molecule has 0 aliphatic carbocycles. The van der Waals surface area contributed by atoms with Crippen molar-refractivity contribution < 1.29 is 13.9 Å². The molecule has 1 aliphatic rings. The predicted molar refractivity (Wildman–Crippen MR) is 103 cm³/mol. The van der Waals surface area contributed by atoms with E-state index >= 15 is 0 Å². The first-order chi connectivity index (χ1) is 12.7. The third-order valence-corrected chi connectivity index (χ3v) is 4.72. The summed E-state index contributed by atoms with van der Waals surface area (Å²) in [6.07, 6.45) is 0. The summed E-state index contributed by atoms with van der Waals surface area (Å²) in [5.41, 5.74) is 1.29. The van der Waals surface area contributed by atoms with Crippen LogP contribution in [0.2, 0.25) is 0 Å². The molecule has 136 valence electrons. The highest BCUT2D eigenvalue weighted by atomic mass is 32.2. The van der Waals surface area contributed by atoms with Crippen molar-refractivity contribution in [2.45, 2.75) is 0 Å². The van der Waals surface area contributed by atoms with E-state index in [9.17, 15) is 9.18 Å². The van der Waals surface area contributed by atoms with Gasteiger partial charge in [0.1, 0.15) is 5.82 Å². The fourth-order valence-electron chi connectivity index (χ4n) is 2.46. The lowest BCUT2D eigenvalue weighted by atomic mass is 10.3. The normalized spacial score (nSPS) is 15.0. The van der Waals surface area contributed by atoms with E-state index in [0.717, 1.165) is 23.9 Å². The van der Waals surface area contributed by atoms with E-state index in [1.807, 2.05) is 30.3 Å². The van der Waals surface area contributed by atoms with Crippen molar-refractivity contribution in [2.24, 2.45) is 4.99 Å². The molecule has 1 amide bonds. The van der Waals surface area contributed by atoms with E-state index in [1.54, 1.807) is 12.1 Å². The highest BCUT2D eigenvalue weighted by Crippen LogP contribution is 2.19. The summed E-state index contributed by atoms with van der Waals surface area (Å²) < 4.78 is 18.6. The summed E-state index contributed by atoms with van der Waals surface area (Å²) >= 11 is 1.37. The van der Waals surface area contributed by atoms with E-state index in [2.05, 4.69) is 15.2 Å². The van der Waals surface area contributed by atoms with Crippen molar-refractivity contribution in [1.82, 2.24) is 4.90 Å². The molecule has 2 aromatic carbocycles. The summed E-state index contributed by atoms with van der Waals surface area (Å²) in [4.78, 5) is 19.0. The molecule has 0 atom stereocenters. The van der Waals surface area contributed by atoms with Gasteiger partial charge < -0.3 is 15.0 Å². The molecule has 0 radical (unpaired) electrons. The van der Waals surface area contributed by atoms with E-state index < -0.39 is 0 Å². The van der Waals surface area contributed by atoms with E-state index in [1.165, 1.54) is 23.9 Å². The number of benzene rings is 2. The Bertz CT molecular complexity index is 764. The molecule has 1 saturated heterocycles. The van der Waals surface area contributed by atoms with Gasteiger partial charge in [0.05, 0.1) is 24.7 Å². The number of nitrogens with zero attached hydrogens (tertiary/aromatic N) is 2. The lowest BCUT2D eigenvalue weighted by Gasteiger charge is -2.29. The molecule has 26 heavy (non-hydrogen) atoms. The second-order valence-corrected chi connectivity index (χ2v) is 6.62. The number of carbonyl (C=O) groups excluding carboxylic acids is 1. The number of hydrogen-bond donors (Lipinski definition) is 1. The van der Waals surface area contributed by atoms with Gasteiger partial charge in [0.15, 0.2) is 5.17 Å². The van der Waals surface area contributed by atoms with Gasteiger partial charge in [-0.15, -0.1) is 0 Å². The number of amides is 1. The second-order valence-electron chi connectivity index (χ2n) is 5.68. The number of anilines is 1. The summed E-state index contributed by atoms with van der Waals surface area (Å²) in [6.45, 7) is 2.77. The zero-order valence-corrected chi connectivity index (χ0v) is 15.0. The molecule has 0 spiro atoms. The van der Waals surface area contributed by atoms with Crippen LogP contribution in [0.25, 0.3) is 0 Å². The van der Waals surface area contributed by atoms with Crippen molar-refractivity contribution in [2.75, 3.05) is 37.4 Å². The summed E-state index contributed by atoms with van der Waals surface area (Å²) in [7, 11) is 0. The molecule has 0 bridgehead atoms. The van der Waals surface area contributed by atoms with Crippen molar-refractivity contribution in [3.8, 4) is 0 Å². The molecule has 1 aliphatic heterocycles. The first-order valence-corrected chi connectivity index (χ1v) is 9.34. The number of morpholine rings is 1. The van der Waals surface area contributed by atoms with Crippen LogP contribution in [-0.2, 0) is 9.53 Å². The van der Waals surface area contributed by atoms with Crippen molar-refractivity contribution in [3.05, 3.63) is 60.4 Å². The van der Waals surface area contributed by atoms with Crippen LogP contribution in [0.1, 0.15) is 0 Å². The number of thioether (sulfide) groups is 1. The molecule has 1 N–H and O–H groups in total. The molecule has 5 nitrogen and oxygen atoms in total. The summed E-state index contributed by atoms with van der Waals surface area (Å²) in [5.74, 6) is -0.385. The largest absolute Gasteiger partial charge is 0.378 e. The Morgan fingerprint density at radius 1 is 1.15 bits per heavy atom. The Morgan fingerprint density at radius 2 is 1.92 bits per heavy atom. The third kappa shape index (κ3) is 5.57. The molecule has 7 heteroatoms. The Labute approximate surface area is 156 Å². The molecular weight excluding hydrogens is 353 g/mol. The number of hydrogen-bond acceptors (Lipinski definition) is 4. The lowest BCUT2D eigenvalue weighted by Crippen LogP contribution is -2.39. The van der Waals surface area contributed by atoms with Gasteiger partial charge in [-0.3, -0.25) is 4.79 Å². The van der Waals surface area contributed by atoms with Gasteiger partial charge in [-0.25, -0.2) is 9.38 Å². The van der Waals surface area contributed by atoms with Crippen LogP contribution in [0, 0.1) is 5.82 Å². The molecule has 0 aromatic heterocycles. The van der Waals surface area contributed by atoms with Gasteiger partial charge in [0.2, 0.25) is 5.91 Å². The minimum absolute atomic E-state index is 0.194. The Kier molecular flexibility index (Phi) is 6.62. The van der Waals surface area contributed by atoms with E-state index in [4.69, 9.17) is 4.74 Å². The molecule has 3 rings (SSSR count). The van der Waals surface area contributed by atoms with Crippen LogP contribution in [0.15, 0.2) is 59.6 Å². The number of amidine groups is 1. The molecule has 2 aromatic rings. The maximum Gasteiger partial charge on any atom is 0.234 e. The van der Waals surface area contributed by atoms with Gasteiger partial charge in [-0.1, -0.05) is 36.0 Å². The van der Waals surface area contributed by atoms with Crippen molar-refractivity contribution >= 4 is 34.2 Å². The first kappa shape index (κ1) is 18.4. The molecular formula is C19H20FN3O2S. The quantitative estimate of drug-likeness (QED) is 0.658. The second kappa shape index (κ2) is 9.35. The maximum atomic E-state index is 13.2. The van der Waals surface area contributed by atoms with E-state index in [0.29, 0.717) is 18.9 Å². The molecule has 0 unspecified atom stereocenters. The monoisotopic (exact) mass is 373 g/mol. The number of aliphatic imine (C=N–C) groups is 1. The minimum Gasteiger partial charge on any atom is -0.378 e. The average Bonchev–Trinajstić information content (AvgIpc) is 2.66. The Balaban J connectivity index is 1.65. The van der Waals surface area contributed by atoms with Gasteiger partial charge in [0, 0.05) is 18.8 Å². The minimum atomic E-state index is -0.380. The smallest absolute Gasteiger partial charge is 0.234 e. The molecule has 1 heterocycles. The van der Waals surface area contributed by atoms with Gasteiger partial charge >= 0.3 is 0 Å². The molecule has 1 fully saturated rings. The standard InChI is InChI=1S/C19H20FN3O2S/c20-15-5-4-8-17(13-15)21-18(24)14-26-19(23-9-11-25-12-10-23)22-16-6-2-1-3-7-16/h1-8,13H,9-12,14H2,(H,21,24). The SMILES string of the molecule is O=C(CSC(=Nc1ccccc1)N1CCOCC1)Nc1cccc(F)c1. The number of halogens is 1. The maximum absolute atomic E-state index is 13.2. The fraction of sp³-hybridized carbons (Fsp3) is 0.263. The Morgan fingerprint density at radius 3 is 2.65 bits per heavy atom. The van der Waals surface area contributed by atoms with Crippen molar-refractivity contribution in [1.29, 1.82) is 0 Å². The highest BCUT2D eigenvalue weighted by Gasteiger charge is 2.17. The van der Waals surface area contributed by atoms with Crippen LogP contribution >= 0.6 is 11.8 Å². The van der Waals surface area contributed by atoms with Gasteiger partial charge in [-0.2, -0.15) is 0 Å². The number of rotatable bonds is 4. The summed E-state index contributed by atoms with van der Waals surface area (Å²) in [6, 6.07) is 15.5. The number of carbonyl (C=O) groups is 1. The van der Waals surface area contributed by atoms with Crippen LogP contribution in [-0.4, -0.2) is 48.0 Å². The van der Waals surface area contributed by atoms with Crippen LogP contribution in [0.4, 0.5) is 15.8 Å². The average molecular weight is 373 g/mol. The zero-order chi connectivity index (χ0) is 18.2. The van der Waals surface area contributed by atoms with Crippen LogP contribution < -0.4 is 5.32 Å². The zero-order valence-electron chi connectivity index (χ0n) is 14.2. The lowest BCUT2D eigenvalue weighted by molar-refractivity contribution is -0.113. The predicted octanol–water partition coefficient (Wildman–Crippen LogP) is 3.52. The Hall–Kier alpha value is -2.38. The highest BCUT2D eigenvalue weighted by molar-refractivity contribution is 8.14. The fourth-order valence-corrected chi connectivity index (χ4v) is 3.32. The van der Waals surface area contributed by atoms with Crippen LogP contribution in [0.3, 0.4) is 0 Å². The first-order valence-electron chi connectivity index (χ1n) is 8.35. The number of para-hydroxylation sites is 1. The van der Waals surface area contributed by atoms with Gasteiger partial charge in [-0.05, 0) is 30.3 Å².